The summed E-state index contributed by atoms with van der Waals surface area (Å²) < 4.78 is 10.8. The zero-order valence-electron chi connectivity index (χ0n) is 10.4. The Bertz CT molecular complexity index is 482. The molecule has 1 N–H and O–H groups in total. The Balaban J connectivity index is 2.11. The Kier molecular flexibility index (Phi) is 4.95. The Labute approximate surface area is 123 Å². The number of esters is 1. The molecule has 0 radical (unpaired) electrons. The maximum absolute atomic E-state index is 12.1. The predicted octanol–water partition coefficient (Wildman–Crippen LogP) is 2.80. The summed E-state index contributed by atoms with van der Waals surface area (Å²) in [7, 11) is 1.31. The van der Waals surface area contributed by atoms with Crippen LogP contribution in [-0.2, 0) is 14.3 Å². The first-order valence-electron chi connectivity index (χ1n) is 5.91. The highest BCUT2D eigenvalue weighted by Gasteiger charge is 2.25. The Morgan fingerprint density at radius 1 is 1.53 bits per heavy atom. The molecule has 7 heteroatoms. The van der Waals surface area contributed by atoms with Crippen molar-refractivity contribution in [2.45, 2.75) is 25.4 Å². The van der Waals surface area contributed by atoms with Crippen LogP contribution in [0.4, 0.5) is 5.69 Å². The van der Waals surface area contributed by atoms with Crippen molar-refractivity contribution in [2.75, 3.05) is 19.0 Å². The van der Waals surface area contributed by atoms with E-state index < -0.39 is 12.1 Å². The van der Waals surface area contributed by atoms with Gasteiger partial charge in [-0.2, -0.15) is 0 Å². The summed E-state index contributed by atoms with van der Waals surface area (Å²) in [5.41, 5.74) is 0.455. The van der Waals surface area contributed by atoms with Crippen molar-refractivity contribution in [2.24, 2.45) is 0 Å². The Hall–Kier alpha value is -0.920. The molecule has 104 valence electrons. The standard InChI is InChI=1S/C12H14BrNO4S/c1-17-12(16)10-9(7(13)6-19-10)14-11(15)8-4-2-3-5-18-8/h6,8H,2-5H2,1H3,(H,14,15). The summed E-state index contributed by atoms with van der Waals surface area (Å²) in [5, 5.41) is 4.48. The van der Waals surface area contributed by atoms with Crippen molar-refractivity contribution in [1.82, 2.24) is 0 Å². The van der Waals surface area contributed by atoms with E-state index in [1.807, 2.05) is 0 Å². The molecule has 0 aromatic carbocycles. The molecular formula is C12H14BrNO4S. The SMILES string of the molecule is COC(=O)c1scc(Br)c1NC(=O)C1CCCCO1. The van der Waals surface area contributed by atoms with Gasteiger partial charge >= 0.3 is 5.97 Å². The van der Waals surface area contributed by atoms with Gasteiger partial charge in [0.2, 0.25) is 0 Å². The van der Waals surface area contributed by atoms with Gasteiger partial charge in [-0.05, 0) is 35.2 Å². The number of thiophene rings is 1. The van der Waals surface area contributed by atoms with Crippen LogP contribution in [0.5, 0.6) is 0 Å². The second-order valence-electron chi connectivity index (χ2n) is 4.12. The average molecular weight is 348 g/mol. The van der Waals surface area contributed by atoms with Crippen LogP contribution in [0.25, 0.3) is 0 Å². The fourth-order valence-electron chi connectivity index (χ4n) is 1.85. The second-order valence-corrected chi connectivity index (χ2v) is 5.86. The van der Waals surface area contributed by atoms with E-state index in [-0.39, 0.29) is 5.91 Å². The number of carbonyl (C=O) groups is 2. The van der Waals surface area contributed by atoms with Gasteiger partial charge in [-0.1, -0.05) is 0 Å². The lowest BCUT2D eigenvalue weighted by atomic mass is 10.1. The van der Waals surface area contributed by atoms with E-state index >= 15 is 0 Å². The fourth-order valence-corrected chi connectivity index (χ4v) is 3.35. The van der Waals surface area contributed by atoms with Crippen LogP contribution in [0, 0.1) is 0 Å². The van der Waals surface area contributed by atoms with E-state index in [9.17, 15) is 9.59 Å². The molecule has 1 aliphatic heterocycles. The number of hydrogen-bond acceptors (Lipinski definition) is 5. The zero-order valence-corrected chi connectivity index (χ0v) is 12.8. The van der Waals surface area contributed by atoms with E-state index in [0.717, 1.165) is 12.8 Å². The van der Waals surface area contributed by atoms with Crippen LogP contribution < -0.4 is 5.32 Å². The maximum atomic E-state index is 12.1. The van der Waals surface area contributed by atoms with Crippen molar-refractivity contribution < 1.29 is 19.1 Å². The molecule has 2 heterocycles. The van der Waals surface area contributed by atoms with Gasteiger partial charge in [-0.25, -0.2) is 4.79 Å². The first kappa shape index (κ1) is 14.5. The van der Waals surface area contributed by atoms with E-state index in [1.54, 1.807) is 5.38 Å². The first-order chi connectivity index (χ1) is 9.13. The van der Waals surface area contributed by atoms with Crippen LogP contribution in [0.15, 0.2) is 9.85 Å². The smallest absolute Gasteiger partial charge is 0.350 e. The van der Waals surface area contributed by atoms with E-state index in [0.29, 0.717) is 28.1 Å². The number of methoxy groups -OCH3 is 1. The second kappa shape index (κ2) is 6.49. The fraction of sp³-hybridized carbons (Fsp3) is 0.500. The zero-order chi connectivity index (χ0) is 13.8. The van der Waals surface area contributed by atoms with E-state index in [2.05, 4.69) is 26.0 Å². The molecule has 1 aromatic heterocycles. The molecule has 1 atom stereocenters. The third-order valence-electron chi connectivity index (χ3n) is 2.84. The minimum Gasteiger partial charge on any atom is -0.465 e. The van der Waals surface area contributed by atoms with Crippen molar-refractivity contribution in [3.63, 3.8) is 0 Å². The molecule has 1 aliphatic rings. The van der Waals surface area contributed by atoms with Gasteiger partial charge in [0.05, 0.1) is 17.3 Å². The van der Waals surface area contributed by atoms with Crippen LogP contribution in [0.3, 0.4) is 0 Å². The van der Waals surface area contributed by atoms with Crippen LogP contribution in [-0.4, -0.2) is 31.7 Å². The topological polar surface area (TPSA) is 64.6 Å². The molecule has 2 rings (SSSR count). The molecule has 1 unspecified atom stereocenters. The normalized spacial score (nSPS) is 18.9. The highest BCUT2D eigenvalue weighted by atomic mass is 79.9. The lowest BCUT2D eigenvalue weighted by Gasteiger charge is -2.21. The minimum absolute atomic E-state index is 0.219. The van der Waals surface area contributed by atoms with Crippen molar-refractivity contribution in [3.05, 3.63) is 14.7 Å². The maximum Gasteiger partial charge on any atom is 0.350 e. The largest absolute Gasteiger partial charge is 0.465 e. The summed E-state index contributed by atoms with van der Waals surface area (Å²) in [6, 6.07) is 0. The van der Waals surface area contributed by atoms with E-state index in [1.165, 1.54) is 18.4 Å². The molecule has 0 spiro atoms. The van der Waals surface area contributed by atoms with Gasteiger partial charge < -0.3 is 14.8 Å². The van der Waals surface area contributed by atoms with Crippen molar-refractivity contribution in [3.8, 4) is 0 Å². The minimum atomic E-state index is -0.462. The molecular weight excluding hydrogens is 334 g/mol. The molecule has 1 amide bonds. The molecule has 0 bridgehead atoms. The number of amides is 1. The number of halogens is 1. The summed E-state index contributed by atoms with van der Waals surface area (Å²) in [4.78, 5) is 24.0. The molecule has 1 saturated heterocycles. The van der Waals surface area contributed by atoms with Gasteiger partial charge in [-0.3, -0.25) is 4.79 Å². The van der Waals surface area contributed by atoms with Crippen molar-refractivity contribution in [1.29, 1.82) is 0 Å². The highest BCUT2D eigenvalue weighted by Crippen LogP contribution is 2.33. The number of rotatable bonds is 3. The summed E-state index contributed by atoms with van der Waals surface area (Å²) in [6.45, 7) is 0.604. The van der Waals surface area contributed by atoms with Crippen LogP contribution in [0.2, 0.25) is 0 Å². The number of anilines is 1. The number of hydrogen-bond donors (Lipinski definition) is 1. The molecule has 1 fully saturated rings. The Morgan fingerprint density at radius 2 is 2.32 bits per heavy atom. The van der Waals surface area contributed by atoms with Gasteiger partial charge in [0.25, 0.3) is 5.91 Å². The third kappa shape index (κ3) is 3.34. The summed E-state index contributed by atoms with van der Waals surface area (Å²) in [6.07, 6.45) is 2.23. The summed E-state index contributed by atoms with van der Waals surface area (Å²) >= 11 is 4.53. The van der Waals surface area contributed by atoms with Gasteiger partial charge in [0.15, 0.2) is 0 Å². The molecule has 0 saturated carbocycles. The predicted molar refractivity (Wildman–Crippen MR) is 75.6 cm³/mol. The molecule has 5 nitrogen and oxygen atoms in total. The summed E-state index contributed by atoms with van der Waals surface area (Å²) in [5.74, 6) is -0.681. The molecule has 0 aliphatic carbocycles. The average Bonchev–Trinajstić information content (AvgIpc) is 2.80. The van der Waals surface area contributed by atoms with Gasteiger partial charge in [0, 0.05) is 12.0 Å². The lowest BCUT2D eigenvalue weighted by Crippen LogP contribution is -2.33. The van der Waals surface area contributed by atoms with Crippen LogP contribution in [0.1, 0.15) is 28.9 Å². The number of carbonyl (C=O) groups excluding carboxylic acids is 2. The first-order valence-corrected chi connectivity index (χ1v) is 7.58. The molecule has 19 heavy (non-hydrogen) atoms. The van der Waals surface area contributed by atoms with Gasteiger partial charge in [0.1, 0.15) is 11.0 Å². The molecule has 1 aromatic rings. The number of nitrogens with one attached hydrogen (secondary N) is 1. The lowest BCUT2D eigenvalue weighted by molar-refractivity contribution is -0.129. The monoisotopic (exact) mass is 347 g/mol. The highest BCUT2D eigenvalue weighted by molar-refractivity contribution is 9.10. The Morgan fingerprint density at radius 3 is 2.95 bits per heavy atom. The number of ether oxygens (including phenoxy) is 2. The van der Waals surface area contributed by atoms with Crippen molar-refractivity contribution >= 4 is 44.8 Å². The van der Waals surface area contributed by atoms with Gasteiger partial charge in [-0.15, -0.1) is 11.3 Å². The quantitative estimate of drug-likeness (QED) is 0.854. The third-order valence-corrected chi connectivity index (χ3v) is 4.73. The van der Waals surface area contributed by atoms with Crippen LogP contribution >= 0.6 is 27.3 Å². The van der Waals surface area contributed by atoms with E-state index in [4.69, 9.17) is 4.74 Å².